The predicted octanol–water partition coefficient (Wildman–Crippen LogP) is 3.18. The molecule has 2 rings (SSSR count). The number of amides is 1. The molecule has 1 fully saturated rings. The van der Waals surface area contributed by atoms with Gasteiger partial charge in [0.05, 0.1) is 11.6 Å². The van der Waals surface area contributed by atoms with Crippen LogP contribution in [0.2, 0.25) is 5.02 Å². The molecule has 1 heterocycles. The molecule has 146 valence electrons. The molecular formula is C18H28ClN3O3S. The number of benzene rings is 1. The Balaban J connectivity index is 2.15. The number of carbonyl (C=O) groups excluding carboxylic acids is 1. The quantitative estimate of drug-likeness (QED) is 0.761. The van der Waals surface area contributed by atoms with E-state index in [0.29, 0.717) is 31.4 Å². The van der Waals surface area contributed by atoms with E-state index < -0.39 is 10.0 Å². The third-order valence-electron chi connectivity index (χ3n) is 4.83. The van der Waals surface area contributed by atoms with Gasteiger partial charge in [-0.2, -0.15) is 4.31 Å². The Hall–Kier alpha value is -1.15. The summed E-state index contributed by atoms with van der Waals surface area (Å²) in [5.74, 6) is -0.146. The van der Waals surface area contributed by atoms with Gasteiger partial charge >= 0.3 is 0 Å². The topological polar surface area (TPSA) is 69.7 Å². The zero-order valence-electron chi connectivity index (χ0n) is 15.7. The minimum Gasteiger partial charge on any atom is -0.325 e. The molecule has 0 aromatic heterocycles. The van der Waals surface area contributed by atoms with Crippen molar-refractivity contribution in [2.45, 2.75) is 51.0 Å². The molecule has 1 atom stereocenters. The molecule has 1 aliphatic rings. The largest absolute Gasteiger partial charge is 0.325 e. The molecule has 0 spiro atoms. The summed E-state index contributed by atoms with van der Waals surface area (Å²) < 4.78 is 26.8. The fourth-order valence-electron chi connectivity index (χ4n) is 3.26. The van der Waals surface area contributed by atoms with E-state index in [0.717, 1.165) is 19.4 Å². The minimum absolute atomic E-state index is 0.0204. The summed E-state index contributed by atoms with van der Waals surface area (Å²) in [6.45, 7) is 7.63. The van der Waals surface area contributed by atoms with E-state index in [-0.39, 0.29) is 15.8 Å². The van der Waals surface area contributed by atoms with Crippen molar-refractivity contribution >= 4 is 33.2 Å². The predicted molar refractivity (Wildman–Crippen MR) is 105 cm³/mol. The van der Waals surface area contributed by atoms with Crippen LogP contribution in [0.1, 0.15) is 40.0 Å². The summed E-state index contributed by atoms with van der Waals surface area (Å²) in [5.41, 5.74) is 0.440. The van der Waals surface area contributed by atoms with E-state index in [1.807, 2.05) is 0 Å². The van der Waals surface area contributed by atoms with Gasteiger partial charge in [0.15, 0.2) is 0 Å². The molecule has 8 heteroatoms. The second-order valence-corrected chi connectivity index (χ2v) is 8.91. The Morgan fingerprint density at radius 1 is 1.31 bits per heavy atom. The Bertz CT molecular complexity index is 735. The lowest BCUT2D eigenvalue weighted by atomic mass is 10.0. The van der Waals surface area contributed by atoms with Crippen molar-refractivity contribution < 1.29 is 13.2 Å². The number of hydrogen-bond donors (Lipinski definition) is 1. The van der Waals surface area contributed by atoms with Crippen LogP contribution in [0.3, 0.4) is 0 Å². The lowest BCUT2D eigenvalue weighted by molar-refractivity contribution is -0.118. The lowest BCUT2D eigenvalue weighted by Gasteiger charge is -2.32. The first kappa shape index (κ1) is 21.2. The van der Waals surface area contributed by atoms with Crippen molar-refractivity contribution in [2.75, 3.05) is 31.5 Å². The van der Waals surface area contributed by atoms with Crippen LogP contribution in [-0.2, 0) is 14.8 Å². The highest BCUT2D eigenvalue weighted by Gasteiger charge is 2.25. The number of sulfonamides is 1. The van der Waals surface area contributed by atoms with Crippen molar-refractivity contribution in [3.63, 3.8) is 0 Å². The third kappa shape index (κ3) is 4.97. The number of nitrogens with zero attached hydrogens (tertiary/aromatic N) is 2. The number of piperidine rings is 1. The molecule has 0 radical (unpaired) electrons. The van der Waals surface area contributed by atoms with Gasteiger partial charge in [0.2, 0.25) is 15.9 Å². The van der Waals surface area contributed by atoms with Gasteiger partial charge in [-0.1, -0.05) is 31.9 Å². The number of hydrogen-bond acceptors (Lipinski definition) is 4. The third-order valence-corrected chi connectivity index (χ3v) is 7.36. The average Bonchev–Trinajstić information content (AvgIpc) is 2.59. The first-order valence-electron chi connectivity index (χ1n) is 9.13. The number of nitrogens with one attached hydrogen (secondary N) is 1. The molecule has 1 aromatic rings. The van der Waals surface area contributed by atoms with Gasteiger partial charge in [0, 0.05) is 24.8 Å². The highest BCUT2D eigenvalue weighted by atomic mass is 35.5. The molecule has 26 heavy (non-hydrogen) atoms. The second kappa shape index (κ2) is 9.17. The van der Waals surface area contributed by atoms with E-state index in [1.54, 1.807) is 19.9 Å². The zero-order valence-corrected chi connectivity index (χ0v) is 17.2. The summed E-state index contributed by atoms with van der Waals surface area (Å²) in [6, 6.07) is 4.96. The van der Waals surface area contributed by atoms with Crippen LogP contribution in [0, 0.1) is 0 Å². The van der Waals surface area contributed by atoms with Crippen molar-refractivity contribution in [1.29, 1.82) is 0 Å². The fraction of sp³-hybridized carbons (Fsp3) is 0.611. The van der Waals surface area contributed by atoms with Crippen LogP contribution in [-0.4, -0.2) is 55.8 Å². The summed E-state index contributed by atoms with van der Waals surface area (Å²) in [5, 5.41) is 2.95. The Labute approximate surface area is 161 Å². The Morgan fingerprint density at radius 2 is 2.00 bits per heavy atom. The average molecular weight is 402 g/mol. The molecule has 1 aliphatic heterocycles. The highest BCUT2D eigenvalue weighted by molar-refractivity contribution is 7.89. The Kier molecular flexibility index (Phi) is 7.46. The van der Waals surface area contributed by atoms with Gasteiger partial charge in [0.25, 0.3) is 0 Å². The van der Waals surface area contributed by atoms with Crippen molar-refractivity contribution in [2.24, 2.45) is 0 Å². The molecule has 0 bridgehead atoms. The molecule has 1 amide bonds. The summed E-state index contributed by atoms with van der Waals surface area (Å²) in [4.78, 5) is 14.5. The van der Waals surface area contributed by atoms with E-state index in [1.165, 1.54) is 22.9 Å². The maximum absolute atomic E-state index is 12.7. The van der Waals surface area contributed by atoms with Crippen LogP contribution < -0.4 is 5.32 Å². The summed E-state index contributed by atoms with van der Waals surface area (Å²) in [6.07, 6.45) is 3.40. The lowest BCUT2D eigenvalue weighted by Crippen LogP contribution is -2.42. The van der Waals surface area contributed by atoms with Gasteiger partial charge < -0.3 is 5.32 Å². The van der Waals surface area contributed by atoms with Crippen LogP contribution in [0.5, 0.6) is 0 Å². The molecule has 0 saturated carbocycles. The summed E-state index contributed by atoms with van der Waals surface area (Å²) >= 11 is 6.12. The molecule has 0 unspecified atom stereocenters. The van der Waals surface area contributed by atoms with E-state index in [9.17, 15) is 13.2 Å². The standard InChI is InChI=1S/C18H28ClN3O3S/c1-4-22(5-2)26(24,25)17-12-15(9-10-16(17)19)20-18(23)13-21-11-7-6-8-14(21)3/h9-10,12,14H,4-8,11,13H2,1-3H3,(H,20,23)/t14-/m0/s1. The van der Waals surface area contributed by atoms with E-state index >= 15 is 0 Å². The highest BCUT2D eigenvalue weighted by Crippen LogP contribution is 2.28. The molecule has 6 nitrogen and oxygen atoms in total. The van der Waals surface area contributed by atoms with Crippen LogP contribution in [0.4, 0.5) is 5.69 Å². The molecule has 1 N–H and O–H groups in total. The molecule has 1 saturated heterocycles. The first-order valence-corrected chi connectivity index (χ1v) is 10.9. The molecule has 0 aliphatic carbocycles. The van der Waals surface area contributed by atoms with E-state index in [4.69, 9.17) is 11.6 Å². The first-order chi connectivity index (χ1) is 12.3. The maximum atomic E-state index is 12.7. The van der Waals surface area contributed by atoms with Gasteiger partial charge in [-0.05, 0) is 44.5 Å². The fourth-order valence-corrected chi connectivity index (χ4v) is 5.22. The SMILES string of the molecule is CCN(CC)S(=O)(=O)c1cc(NC(=O)CN2CCCC[C@@H]2C)ccc1Cl. The number of anilines is 1. The number of likely N-dealkylation sites (tertiary alicyclic amines) is 1. The molecule has 1 aromatic carbocycles. The van der Waals surface area contributed by atoms with Gasteiger partial charge in [-0.25, -0.2) is 8.42 Å². The number of rotatable bonds is 7. The monoisotopic (exact) mass is 401 g/mol. The van der Waals surface area contributed by atoms with E-state index in [2.05, 4.69) is 17.1 Å². The molecular weight excluding hydrogens is 374 g/mol. The Morgan fingerprint density at radius 3 is 2.62 bits per heavy atom. The second-order valence-electron chi connectivity index (χ2n) is 6.60. The maximum Gasteiger partial charge on any atom is 0.244 e. The zero-order chi connectivity index (χ0) is 19.3. The van der Waals surface area contributed by atoms with Crippen molar-refractivity contribution in [3.8, 4) is 0 Å². The number of carbonyl (C=O) groups is 1. The number of halogens is 1. The van der Waals surface area contributed by atoms with Gasteiger partial charge in [-0.3, -0.25) is 9.69 Å². The van der Waals surface area contributed by atoms with Gasteiger partial charge in [0.1, 0.15) is 4.90 Å². The van der Waals surface area contributed by atoms with Gasteiger partial charge in [-0.15, -0.1) is 0 Å². The minimum atomic E-state index is -3.69. The van der Waals surface area contributed by atoms with Crippen molar-refractivity contribution in [3.05, 3.63) is 23.2 Å². The normalized spacial score (nSPS) is 18.9. The summed E-state index contributed by atoms with van der Waals surface area (Å²) in [7, 11) is -3.69. The van der Waals surface area contributed by atoms with Crippen molar-refractivity contribution in [1.82, 2.24) is 9.21 Å². The van der Waals surface area contributed by atoms with Crippen LogP contribution in [0.15, 0.2) is 23.1 Å². The van der Waals surface area contributed by atoms with Crippen LogP contribution >= 0.6 is 11.6 Å². The van der Waals surface area contributed by atoms with Crippen LogP contribution in [0.25, 0.3) is 0 Å². The smallest absolute Gasteiger partial charge is 0.244 e.